The number of nitriles is 1. The second-order valence-corrected chi connectivity index (χ2v) is 8.63. The Hall–Kier alpha value is -2.96. The number of benzene rings is 2. The van der Waals surface area contributed by atoms with Gasteiger partial charge in [-0.15, -0.1) is 0 Å². The molecule has 0 bridgehead atoms. The van der Waals surface area contributed by atoms with Crippen LogP contribution in [0.1, 0.15) is 24.0 Å². The first-order valence-corrected chi connectivity index (χ1v) is 10.5. The quantitative estimate of drug-likeness (QED) is 0.589. The van der Waals surface area contributed by atoms with Crippen molar-refractivity contribution in [2.75, 3.05) is 18.4 Å². The van der Waals surface area contributed by atoms with E-state index < -0.39 is 14.9 Å². The third-order valence-electron chi connectivity index (χ3n) is 4.72. The van der Waals surface area contributed by atoms with Gasteiger partial charge in [0.25, 0.3) is 5.69 Å². The smallest absolute Gasteiger partial charge is 0.293 e. The Labute approximate surface area is 163 Å². The molecule has 0 saturated carbocycles. The highest BCUT2D eigenvalue weighted by Crippen LogP contribution is 2.28. The van der Waals surface area contributed by atoms with Crippen molar-refractivity contribution >= 4 is 21.4 Å². The van der Waals surface area contributed by atoms with Crippen molar-refractivity contribution in [3.8, 4) is 6.07 Å². The molecule has 2 aromatic carbocycles. The highest BCUT2D eigenvalue weighted by atomic mass is 32.2. The van der Waals surface area contributed by atoms with Gasteiger partial charge >= 0.3 is 0 Å². The largest absolute Gasteiger partial charge is 0.377 e. The number of piperidine rings is 1. The number of nitrogens with zero attached hydrogens (tertiary/aromatic N) is 3. The monoisotopic (exact) mass is 400 g/mol. The summed E-state index contributed by atoms with van der Waals surface area (Å²) in [5.41, 5.74) is 1.16. The molecule has 0 aromatic heterocycles. The van der Waals surface area contributed by atoms with E-state index in [2.05, 4.69) is 5.32 Å². The molecule has 9 heteroatoms. The van der Waals surface area contributed by atoms with E-state index in [-0.39, 0.29) is 23.0 Å². The molecule has 1 aliphatic rings. The Balaban J connectivity index is 1.63. The summed E-state index contributed by atoms with van der Waals surface area (Å²) in [6, 6.07) is 15.1. The molecule has 146 valence electrons. The molecule has 0 spiro atoms. The van der Waals surface area contributed by atoms with Crippen molar-refractivity contribution in [1.82, 2.24) is 4.31 Å². The number of rotatable bonds is 6. The van der Waals surface area contributed by atoms with Crippen LogP contribution < -0.4 is 5.32 Å². The van der Waals surface area contributed by atoms with Crippen LogP contribution >= 0.6 is 0 Å². The van der Waals surface area contributed by atoms with Gasteiger partial charge in [-0.1, -0.05) is 30.3 Å². The van der Waals surface area contributed by atoms with E-state index in [4.69, 9.17) is 5.26 Å². The molecule has 8 nitrogen and oxygen atoms in total. The summed E-state index contributed by atoms with van der Waals surface area (Å²) in [5, 5.41) is 23.3. The molecule has 0 amide bonds. The van der Waals surface area contributed by atoms with Crippen molar-refractivity contribution in [3.05, 3.63) is 69.8 Å². The van der Waals surface area contributed by atoms with E-state index in [9.17, 15) is 18.5 Å². The minimum Gasteiger partial charge on any atom is -0.377 e. The first-order chi connectivity index (χ1) is 13.4. The second-order valence-electron chi connectivity index (χ2n) is 6.66. The minimum absolute atomic E-state index is 0.0347. The Kier molecular flexibility index (Phi) is 5.92. The number of hydrogen-bond acceptors (Lipinski definition) is 6. The van der Waals surface area contributed by atoms with Gasteiger partial charge in [-0.25, -0.2) is 12.7 Å². The molecular weight excluding hydrogens is 380 g/mol. The van der Waals surface area contributed by atoms with Gasteiger partial charge in [-0.2, -0.15) is 5.26 Å². The van der Waals surface area contributed by atoms with Crippen molar-refractivity contribution < 1.29 is 13.3 Å². The van der Waals surface area contributed by atoms with Crippen LogP contribution in [0, 0.1) is 21.4 Å². The summed E-state index contributed by atoms with van der Waals surface area (Å²) < 4.78 is 26.7. The van der Waals surface area contributed by atoms with Crippen molar-refractivity contribution in [2.45, 2.75) is 24.6 Å². The SMILES string of the molecule is N#Cc1ccc(NC2CCN(S(=O)(=O)Cc3ccccc3)CC2)c([N+](=O)[O-])c1. The van der Waals surface area contributed by atoms with Crippen LogP contribution in [0.15, 0.2) is 48.5 Å². The fourth-order valence-corrected chi connectivity index (χ4v) is 4.81. The molecule has 1 heterocycles. The average Bonchev–Trinajstić information content (AvgIpc) is 2.69. The maximum atomic E-state index is 12.6. The number of anilines is 1. The summed E-state index contributed by atoms with van der Waals surface area (Å²) in [6.07, 6.45) is 1.09. The predicted molar refractivity (Wildman–Crippen MR) is 105 cm³/mol. The Bertz CT molecular complexity index is 994. The van der Waals surface area contributed by atoms with Crippen molar-refractivity contribution in [2.24, 2.45) is 0 Å². The molecule has 3 rings (SSSR count). The highest BCUT2D eigenvalue weighted by Gasteiger charge is 2.29. The van der Waals surface area contributed by atoms with Gasteiger partial charge < -0.3 is 5.32 Å². The van der Waals surface area contributed by atoms with Gasteiger partial charge in [0, 0.05) is 25.2 Å². The van der Waals surface area contributed by atoms with Gasteiger partial charge in [-0.3, -0.25) is 10.1 Å². The maximum absolute atomic E-state index is 12.6. The van der Waals surface area contributed by atoms with Gasteiger partial charge in [-0.05, 0) is 30.5 Å². The molecule has 0 unspecified atom stereocenters. The molecule has 0 atom stereocenters. The molecule has 0 aliphatic carbocycles. The first kappa shape index (κ1) is 19.8. The van der Waals surface area contributed by atoms with Gasteiger partial charge in [0.1, 0.15) is 5.69 Å². The number of nitro benzene ring substituents is 1. The molecule has 1 aliphatic heterocycles. The van der Waals surface area contributed by atoms with Crippen LogP contribution in [0.3, 0.4) is 0 Å². The maximum Gasteiger partial charge on any atom is 0.293 e. The third-order valence-corrected chi connectivity index (χ3v) is 6.57. The number of hydrogen-bond donors (Lipinski definition) is 1. The van der Waals surface area contributed by atoms with Gasteiger partial charge in [0.2, 0.25) is 10.0 Å². The lowest BCUT2D eigenvalue weighted by Crippen LogP contribution is -2.42. The Morgan fingerprint density at radius 3 is 2.46 bits per heavy atom. The average molecular weight is 400 g/mol. The standard InChI is InChI=1S/C19H20N4O4S/c20-13-16-6-7-18(19(12-16)23(24)25)21-17-8-10-22(11-9-17)28(26,27)14-15-4-2-1-3-5-15/h1-7,12,17,21H,8-11,14H2. The zero-order chi connectivity index (χ0) is 20.1. The number of nitro groups is 1. The van der Waals surface area contributed by atoms with Gasteiger partial charge in [0.05, 0.1) is 22.3 Å². The first-order valence-electron chi connectivity index (χ1n) is 8.86. The summed E-state index contributed by atoms with van der Waals surface area (Å²) in [4.78, 5) is 10.7. The zero-order valence-corrected chi connectivity index (χ0v) is 15.9. The third kappa shape index (κ3) is 4.65. The van der Waals surface area contributed by atoms with Crippen LogP contribution in [0.5, 0.6) is 0 Å². The van der Waals surface area contributed by atoms with Crippen molar-refractivity contribution in [1.29, 1.82) is 5.26 Å². The van der Waals surface area contributed by atoms with Crippen molar-refractivity contribution in [3.63, 3.8) is 0 Å². The van der Waals surface area contributed by atoms with E-state index in [1.165, 1.54) is 22.5 Å². The fourth-order valence-electron chi connectivity index (χ4n) is 3.25. The summed E-state index contributed by atoms with van der Waals surface area (Å²) in [5.74, 6) is -0.0347. The lowest BCUT2D eigenvalue weighted by atomic mass is 10.1. The summed E-state index contributed by atoms with van der Waals surface area (Å²) in [7, 11) is -3.40. The molecule has 28 heavy (non-hydrogen) atoms. The Morgan fingerprint density at radius 2 is 1.86 bits per heavy atom. The number of nitrogens with one attached hydrogen (secondary N) is 1. The minimum atomic E-state index is -3.40. The van der Waals surface area contributed by atoms with Crippen LogP contribution in [-0.4, -0.2) is 36.8 Å². The normalized spacial score (nSPS) is 15.7. The van der Waals surface area contributed by atoms with Crippen LogP contribution in [0.2, 0.25) is 0 Å². The van der Waals surface area contributed by atoms with Gasteiger partial charge in [0.15, 0.2) is 0 Å². The van der Waals surface area contributed by atoms with Crippen LogP contribution in [0.25, 0.3) is 0 Å². The topological polar surface area (TPSA) is 116 Å². The molecule has 1 saturated heterocycles. The predicted octanol–water partition coefficient (Wildman–Crippen LogP) is 2.87. The Morgan fingerprint density at radius 1 is 1.18 bits per heavy atom. The number of sulfonamides is 1. The van der Waals surface area contributed by atoms with E-state index >= 15 is 0 Å². The van der Waals surface area contributed by atoms with E-state index in [1.54, 1.807) is 12.1 Å². The molecule has 2 aromatic rings. The van der Waals surface area contributed by atoms with Crippen LogP contribution in [0.4, 0.5) is 11.4 Å². The lowest BCUT2D eigenvalue weighted by Gasteiger charge is -2.32. The summed E-state index contributed by atoms with van der Waals surface area (Å²) in [6.45, 7) is 0.716. The molecular formula is C19H20N4O4S. The van der Waals surface area contributed by atoms with E-state index in [0.29, 0.717) is 31.6 Å². The molecule has 0 radical (unpaired) electrons. The van der Waals surface area contributed by atoms with E-state index in [0.717, 1.165) is 5.56 Å². The molecule has 1 N–H and O–H groups in total. The summed E-state index contributed by atoms with van der Waals surface area (Å²) >= 11 is 0. The highest BCUT2D eigenvalue weighted by molar-refractivity contribution is 7.88. The second kappa shape index (κ2) is 8.37. The van der Waals surface area contributed by atoms with E-state index in [1.807, 2.05) is 24.3 Å². The zero-order valence-electron chi connectivity index (χ0n) is 15.1. The molecule has 1 fully saturated rings. The lowest BCUT2D eigenvalue weighted by molar-refractivity contribution is -0.384. The van der Waals surface area contributed by atoms with Crippen LogP contribution in [-0.2, 0) is 15.8 Å². The fraction of sp³-hybridized carbons (Fsp3) is 0.316.